The van der Waals surface area contributed by atoms with E-state index in [1.54, 1.807) is 0 Å². The molecule has 0 nitrogen and oxygen atoms in total. The van der Waals surface area contributed by atoms with Crippen LogP contribution in [0.1, 0.15) is 0 Å². The van der Waals surface area contributed by atoms with E-state index in [0.717, 1.165) is 0 Å². The number of hydrogen-bond acceptors (Lipinski definition) is 0. The summed E-state index contributed by atoms with van der Waals surface area (Å²) in [6.07, 6.45) is 4.50. The van der Waals surface area contributed by atoms with Gasteiger partial charge in [0.25, 0.3) is 0 Å². The van der Waals surface area contributed by atoms with Gasteiger partial charge in [-0.1, -0.05) is 0 Å². The average molecular weight is 150 g/mol. The third kappa shape index (κ3) is 733. The molecule has 0 heterocycles. The Morgan fingerprint density at radius 1 is 0.700 bits per heavy atom. The van der Waals surface area contributed by atoms with Gasteiger partial charge in [-0.3, -0.25) is 0 Å². The molecule has 0 N–H and O–H groups in total. The summed E-state index contributed by atoms with van der Waals surface area (Å²) in [4.78, 5) is 0. The van der Waals surface area contributed by atoms with Crippen LogP contribution >= 0.6 is 0 Å². The van der Waals surface area contributed by atoms with Crippen LogP contribution in [0.25, 0.3) is 0 Å². The van der Waals surface area contributed by atoms with Crippen LogP contribution < -0.4 is 0 Å². The van der Waals surface area contributed by atoms with Gasteiger partial charge in [0, 0.05) is 0 Å². The quantitative estimate of drug-likeness (QED) is 0.368. The summed E-state index contributed by atoms with van der Waals surface area (Å²) < 4.78 is 0. The van der Waals surface area contributed by atoms with E-state index >= 15 is 0 Å². The van der Waals surface area contributed by atoms with Crippen LogP contribution in [0.4, 0.5) is 0 Å². The number of hydrogen-bond donors (Lipinski definition) is 0. The molecule has 54 valence electrons. The van der Waals surface area contributed by atoms with Crippen molar-refractivity contribution in [1.29, 1.82) is 0 Å². The van der Waals surface area contributed by atoms with Gasteiger partial charge >= 0.3 is 17.4 Å². The van der Waals surface area contributed by atoms with Crippen molar-refractivity contribution in [3.8, 4) is 0 Å². The largest absolute Gasteiger partial charge is 3.00 e. The van der Waals surface area contributed by atoms with E-state index in [4.69, 9.17) is 0 Å². The molecule has 10 heavy (non-hydrogen) atoms. The SMILES string of the molecule is C=C[CH2-].C=C[CH2-].C=C[CH2-].[Al+3]. The molecule has 0 aliphatic rings. The Bertz CT molecular complexity index is 41.5. The minimum atomic E-state index is 0. The van der Waals surface area contributed by atoms with Gasteiger partial charge in [0.1, 0.15) is 0 Å². The molecule has 0 unspecified atom stereocenters. The molecular formula is C9H15Al. The van der Waals surface area contributed by atoms with Crippen LogP contribution in [0.5, 0.6) is 0 Å². The summed E-state index contributed by atoms with van der Waals surface area (Å²) in [6, 6.07) is 0. The summed E-state index contributed by atoms with van der Waals surface area (Å²) in [7, 11) is 0. The third-order valence-electron chi connectivity index (χ3n) is 0. The van der Waals surface area contributed by atoms with Gasteiger partial charge in [-0.15, -0.1) is 0 Å². The van der Waals surface area contributed by atoms with Gasteiger partial charge in [0.2, 0.25) is 0 Å². The molecule has 0 aliphatic carbocycles. The summed E-state index contributed by atoms with van der Waals surface area (Å²) in [5, 5.41) is 0. The first-order valence-electron chi connectivity index (χ1n) is 2.45. The van der Waals surface area contributed by atoms with Crippen molar-refractivity contribution < 1.29 is 0 Å². The molecule has 0 bridgehead atoms. The van der Waals surface area contributed by atoms with Crippen molar-refractivity contribution in [2.24, 2.45) is 0 Å². The van der Waals surface area contributed by atoms with Crippen molar-refractivity contribution in [2.45, 2.75) is 0 Å². The van der Waals surface area contributed by atoms with E-state index in [1.807, 2.05) is 0 Å². The molecule has 0 rings (SSSR count). The fraction of sp³-hybridized carbons (Fsp3) is 0. The van der Waals surface area contributed by atoms with E-state index in [0.29, 0.717) is 0 Å². The monoisotopic (exact) mass is 150 g/mol. The minimum Gasteiger partial charge on any atom is -0.245 e. The maximum absolute atomic E-state index is 3.25. The molecule has 0 saturated heterocycles. The molecule has 0 saturated carbocycles. The van der Waals surface area contributed by atoms with Gasteiger partial charge < -0.3 is 0 Å². The Morgan fingerprint density at radius 2 is 0.700 bits per heavy atom. The van der Waals surface area contributed by atoms with Crippen molar-refractivity contribution >= 4 is 17.4 Å². The van der Waals surface area contributed by atoms with E-state index in [9.17, 15) is 0 Å². The summed E-state index contributed by atoms with van der Waals surface area (Å²) in [6.45, 7) is 19.5. The number of rotatable bonds is 0. The average Bonchev–Trinajstić information content (AvgIpc) is 1.70. The van der Waals surface area contributed by atoms with E-state index in [2.05, 4.69) is 40.5 Å². The Balaban J connectivity index is -0.0000000257. The van der Waals surface area contributed by atoms with Crippen molar-refractivity contribution in [3.05, 3.63) is 58.7 Å². The molecule has 0 aromatic carbocycles. The van der Waals surface area contributed by atoms with Gasteiger partial charge in [0.15, 0.2) is 0 Å². The molecule has 0 aromatic rings. The van der Waals surface area contributed by atoms with Crippen LogP contribution in [0.15, 0.2) is 38.0 Å². The zero-order valence-corrected chi connectivity index (χ0v) is 7.71. The predicted octanol–water partition coefficient (Wildman–Crippen LogP) is 2.64. The third-order valence-corrected chi connectivity index (χ3v) is 0. The smallest absolute Gasteiger partial charge is 0.245 e. The maximum atomic E-state index is 3.25. The molecular weight excluding hydrogens is 135 g/mol. The van der Waals surface area contributed by atoms with E-state index in [-0.39, 0.29) is 17.4 Å². The van der Waals surface area contributed by atoms with E-state index < -0.39 is 0 Å². The summed E-state index contributed by atoms with van der Waals surface area (Å²) >= 11 is 0. The second-order valence-electron chi connectivity index (χ2n) is 0.866. The van der Waals surface area contributed by atoms with Gasteiger partial charge in [0.05, 0.1) is 0 Å². The molecule has 0 aromatic heterocycles. The normalized spacial score (nSPS) is 3.60. The van der Waals surface area contributed by atoms with Gasteiger partial charge in [-0.25, -0.2) is 58.7 Å². The fourth-order valence-corrected chi connectivity index (χ4v) is 0. The van der Waals surface area contributed by atoms with Crippen molar-refractivity contribution in [1.82, 2.24) is 0 Å². The first kappa shape index (κ1) is 22.8. The Morgan fingerprint density at radius 3 is 0.700 bits per heavy atom. The first-order chi connectivity index (χ1) is 4.24. The predicted molar refractivity (Wildman–Crippen MR) is 52.4 cm³/mol. The van der Waals surface area contributed by atoms with Crippen molar-refractivity contribution in [3.63, 3.8) is 0 Å². The molecule has 0 amide bonds. The Kier molecular flexibility index (Phi) is 185. The standard InChI is InChI=1S/3C3H5.Al/c3*1-3-2;/h3*3H,1-2H2;/q3*-1;+3. The second-order valence-corrected chi connectivity index (χ2v) is 0.866. The van der Waals surface area contributed by atoms with Crippen LogP contribution in [-0.2, 0) is 0 Å². The minimum absolute atomic E-state index is 0. The van der Waals surface area contributed by atoms with E-state index in [1.165, 1.54) is 18.2 Å². The maximum Gasteiger partial charge on any atom is 3.00 e. The molecule has 0 aliphatic heterocycles. The zero-order valence-electron chi connectivity index (χ0n) is 6.55. The summed E-state index contributed by atoms with van der Waals surface area (Å²) in [5.74, 6) is 0. The van der Waals surface area contributed by atoms with Gasteiger partial charge in [-0.05, 0) is 0 Å². The van der Waals surface area contributed by atoms with Crippen LogP contribution in [0.3, 0.4) is 0 Å². The Labute approximate surface area is 76.5 Å². The molecule has 0 atom stereocenters. The van der Waals surface area contributed by atoms with Crippen molar-refractivity contribution in [2.75, 3.05) is 0 Å². The molecule has 0 fully saturated rings. The van der Waals surface area contributed by atoms with Crippen LogP contribution in [0, 0.1) is 20.8 Å². The fourth-order valence-electron chi connectivity index (χ4n) is 0. The van der Waals surface area contributed by atoms with Crippen LogP contribution in [0.2, 0.25) is 0 Å². The summed E-state index contributed by atoms with van der Waals surface area (Å²) in [5.41, 5.74) is 0. The first-order valence-corrected chi connectivity index (χ1v) is 2.45. The number of allylic oxidation sites excluding steroid dienone is 3. The molecule has 0 radical (unpaired) electrons. The van der Waals surface area contributed by atoms with Crippen LogP contribution in [-0.4, -0.2) is 17.4 Å². The van der Waals surface area contributed by atoms with Gasteiger partial charge in [-0.2, -0.15) is 0 Å². The zero-order chi connectivity index (χ0) is 8.12. The molecule has 0 spiro atoms. The second kappa shape index (κ2) is 81.2. The molecule has 1 heteroatoms. The Hall–Kier alpha value is -0.638. The topological polar surface area (TPSA) is 0 Å².